The summed E-state index contributed by atoms with van der Waals surface area (Å²) in [5.74, 6) is 0.837. The lowest BCUT2D eigenvalue weighted by Crippen LogP contribution is -2.40. The second-order valence-electron chi connectivity index (χ2n) is 7.18. The molecule has 1 saturated heterocycles. The summed E-state index contributed by atoms with van der Waals surface area (Å²) in [4.78, 5) is 21.0. The highest BCUT2D eigenvalue weighted by Crippen LogP contribution is 2.27. The van der Waals surface area contributed by atoms with Crippen molar-refractivity contribution in [3.05, 3.63) is 36.2 Å². The van der Waals surface area contributed by atoms with Gasteiger partial charge in [0.15, 0.2) is 5.69 Å². The van der Waals surface area contributed by atoms with Gasteiger partial charge in [-0.15, -0.1) is 0 Å². The topological polar surface area (TPSA) is 59.2 Å². The Bertz CT molecular complexity index is 757. The molecule has 2 aromatic heterocycles. The zero-order valence-corrected chi connectivity index (χ0v) is 15.8. The molecule has 1 aliphatic rings. The Morgan fingerprint density at radius 2 is 2.19 bits per heavy atom. The van der Waals surface area contributed by atoms with E-state index in [4.69, 9.17) is 0 Å². The zero-order chi connectivity index (χ0) is 19.4. The Balaban J connectivity index is 1.65. The number of hydrogen-bond donors (Lipinski definition) is 0. The van der Waals surface area contributed by atoms with Crippen LogP contribution in [-0.2, 0) is 6.54 Å². The van der Waals surface area contributed by atoms with Gasteiger partial charge in [-0.25, -0.2) is 9.67 Å². The summed E-state index contributed by atoms with van der Waals surface area (Å²) in [6.07, 6.45) is 7.76. The summed E-state index contributed by atoms with van der Waals surface area (Å²) in [7, 11) is 4.10. The van der Waals surface area contributed by atoms with Crippen LogP contribution in [0.15, 0.2) is 24.7 Å². The quantitative estimate of drug-likeness (QED) is 0.740. The van der Waals surface area contributed by atoms with Crippen molar-refractivity contribution in [3.63, 3.8) is 0 Å². The number of alkyl halides is 2. The lowest BCUT2D eigenvalue weighted by atomic mass is 9.96. The number of carbonyl (C=O) groups is 1. The van der Waals surface area contributed by atoms with Gasteiger partial charge in [0, 0.05) is 44.1 Å². The first-order valence-electron chi connectivity index (χ1n) is 9.24. The molecule has 1 amide bonds. The van der Waals surface area contributed by atoms with Gasteiger partial charge in [-0.1, -0.05) is 0 Å². The minimum Gasteiger partial charge on any atom is -0.337 e. The second kappa shape index (κ2) is 8.60. The molecule has 1 aliphatic heterocycles. The van der Waals surface area contributed by atoms with Gasteiger partial charge in [-0.3, -0.25) is 4.79 Å². The largest absolute Gasteiger partial charge is 0.337 e. The SMILES string of the molecule is CN(C)CCCn1ccnc1[C@H]1CCCN(C(=O)c2ccn(C(F)F)n2)C1. The summed E-state index contributed by atoms with van der Waals surface area (Å²) in [5.41, 5.74) is 0.0604. The predicted molar refractivity (Wildman–Crippen MR) is 96.8 cm³/mol. The number of aryl methyl sites for hydroxylation is 1. The molecule has 0 aliphatic carbocycles. The number of carbonyl (C=O) groups excluding carboxylic acids is 1. The lowest BCUT2D eigenvalue weighted by Gasteiger charge is -2.32. The normalized spacial score (nSPS) is 17.9. The van der Waals surface area contributed by atoms with Crippen molar-refractivity contribution in [1.82, 2.24) is 29.1 Å². The number of amides is 1. The van der Waals surface area contributed by atoms with E-state index in [1.165, 1.54) is 6.07 Å². The Morgan fingerprint density at radius 1 is 1.37 bits per heavy atom. The number of nitrogens with zero attached hydrogens (tertiary/aromatic N) is 6. The molecule has 0 radical (unpaired) electrons. The van der Waals surface area contributed by atoms with Crippen LogP contribution in [0.25, 0.3) is 0 Å². The fourth-order valence-corrected chi connectivity index (χ4v) is 3.52. The Hall–Kier alpha value is -2.29. The van der Waals surface area contributed by atoms with E-state index >= 15 is 0 Å². The maximum Gasteiger partial charge on any atom is 0.333 e. The molecule has 148 valence electrons. The van der Waals surface area contributed by atoms with E-state index in [2.05, 4.69) is 33.6 Å². The standard InChI is InChI=1S/C18H26F2N6O/c1-23(2)8-4-10-24-12-7-21-16(24)14-5-3-9-25(13-14)17(27)15-6-11-26(22-15)18(19)20/h6-7,11-12,14,18H,3-5,8-10,13H2,1-2H3/t14-/m0/s1. The molecule has 0 spiro atoms. The Morgan fingerprint density at radius 3 is 2.89 bits per heavy atom. The van der Waals surface area contributed by atoms with Crippen molar-refractivity contribution >= 4 is 5.91 Å². The van der Waals surface area contributed by atoms with Crippen molar-refractivity contribution in [2.75, 3.05) is 33.7 Å². The van der Waals surface area contributed by atoms with Crippen LogP contribution in [0.1, 0.15) is 48.0 Å². The highest BCUT2D eigenvalue weighted by atomic mass is 19.3. The van der Waals surface area contributed by atoms with E-state index in [0.29, 0.717) is 17.8 Å². The van der Waals surface area contributed by atoms with Gasteiger partial charge in [0.1, 0.15) is 5.82 Å². The average molecular weight is 380 g/mol. The molecule has 2 aromatic rings. The van der Waals surface area contributed by atoms with E-state index in [0.717, 1.165) is 44.4 Å². The monoisotopic (exact) mass is 380 g/mol. The number of piperidine rings is 1. The molecular formula is C18H26F2N6O. The van der Waals surface area contributed by atoms with E-state index in [1.54, 1.807) is 11.1 Å². The van der Waals surface area contributed by atoms with Crippen LogP contribution in [0.5, 0.6) is 0 Å². The first-order valence-corrected chi connectivity index (χ1v) is 9.24. The second-order valence-corrected chi connectivity index (χ2v) is 7.18. The third-order valence-electron chi connectivity index (χ3n) is 4.85. The van der Waals surface area contributed by atoms with E-state index in [-0.39, 0.29) is 17.5 Å². The minimum absolute atomic E-state index is 0.0604. The van der Waals surface area contributed by atoms with Gasteiger partial charge in [0.2, 0.25) is 0 Å². The molecule has 27 heavy (non-hydrogen) atoms. The van der Waals surface area contributed by atoms with Crippen LogP contribution in [0.2, 0.25) is 0 Å². The third-order valence-corrected chi connectivity index (χ3v) is 4.85. The fraction of sp³-hybridized carbons (Fsp3) is 0.611. The number of hydrogen-bond acceptors (Lipinski definition) is 4. The maximum absolute atomic E-state index is 12.7. The first-order chi connectivity index (χ1) is 13.0. The fourth-order valence-electron chi connectivity index (χ4n) is 3.52. The van der Waals surface area contributed by atoms with Gasteiger partial charge in [0.25, 0.3) is 5.91 Å². The maximum atomic E-state index is 12.7. The van der Waals surface area contributed by atoms with Crippen LogP contribution in [-0.4, -0.2) is 68.8 Å². The van der Waals surface area contributed by atoms with Crippen LogP contribution in [0.4, 0.5) is 8.78 Å². The third kappa shape index (κ3) is 4.71. The summed E-state index contributed by atoms with van der Waals surface area (Å²) < 4.78 is 28.0. The minimum atomic E-state index is -2.74. The molecule has 0 saturated carbocycles. The van der Waals surface area contributed by atoms with Gasteiger partial charge in [0.05, 0.1) is 0 Å². The van der Waals surface area contributed by atoms with Crippen molar-refractivity contribution in [2.24, 2.45) is 0 Å². The number of likely N-dealkylation sites (tertiary alicyclic amines) is 1. The number of aromatic nitrogens is 4. The molecule has 3 heterocycles. The van der Waals surface area contributed by atoms with Crippen LogP contribution in [0.3, 0.4) is 0 Å². The van der Waals surface area contributed by atoms with Crippen LogP contribution >= 0.6 is 0 Å². The van der Waals surface area contributed by atoms with Gasteiger partial charge in [-0.05, 0) is 46.0 Å². The lowest BCUT2D eigenvalue weighted by molar-refractivity contribution is 0.0546. The molecule has 0 N–H and O–H groups in total. The van der Waals surface area contributed by atoms with Gasteiger partial charge < -0.3 is 14.4 Å². The summed E-state index contributed by atoms with van der Waals surface area (Å²) >= 11 is 0. The van der Waals surface area contributed by atoms with Crippen molar-refractivity contribution in [1.29, 1.82) is 0 Å². The first kappa shape index (κ1) is 19.5. The van der Waals surface area contributed by atoms with Gasteiger partial charge >= 0.3 is 6.55 Å². The molecule has 1 atom stereocenters. The number of rotatable bonds is 7. The molecule has 0 bridgehead atoms. The van der Waals surface area contributed by atoms with Crippen LogP contribution < -0.4 is 0 Å². The molecule has 1 fully saturated rings. The summed E-state index contributed by atoms with van der Waals surface area (Å²) in [5, 5.41) is 3.70. The molecule has 0 aromatic carbocycles. The number of halogens is 2. The summed E-state index contributed by atoms with van der Waals surface area (Å²) in [6, 6.07) is 1.35. The van der Waals surface area contributed by atoms with E-state index in [1.807, 2.05) is 6.20 Å². The highest BCUT2D eigenvalue weighted by Gasteiger charge is 2.29. The molecule has 3 rings (SSSR count). The van der Waals surface area contributed by atoms with Gasteiger partial charge in [-0.2, -0.15) is 13.9 Å². The predicted octanol–water partition coefficient (Wildman–Crippen LogP) is 2.45. The van der Waals surface area contributed by atoms with Crippen LogP contribution in [0, 0.1) is 0 Å². The molecule has 0 unspecified atom stereocenters. The van der Waals surface area contributed by atoms with E-state index in [9.17, 15) is 13.6 Å². The molecular weight excluding hydrogens is 354 g/mol. The smallest absolute Gasteiger partial charge is 0.333 e. The Kier molecular flexibility index (Phi) is 6.20. The highest BCUT2D eigenvalue weighted by molar-refractivity contribution is 5.92. The van der Waals surface area contributed by atoms with Crippen molar-refractivity contribution in [2.45, 2.75) is 38.3 Å². The van der Waals surface area contributed by atoms with Crippen molar-refractivity contribution < 1.29 is 13.6 Å². The molecule has 9 heteroatoms. The zero-order valence-electron chi connectivity index (χ0n) is 15.8. The Labute approximate surface area is 157 Å². The number of imidazole rings is 1. The molecule has 7 nitrogen and oxygen atoms in total. The summed E-state index contributed by atoms with van der Waals surface area (Å²) in [6.45, 7) is 0.287. The van der Waals surface area contributed by atoms with Crippen molar-refractivity contribution in [3.8, 4) is 0 Å². The average Bonchev–Trinajstić information content (AvgIpc) is 3.30. The van der Waals surface area contributed by atoms with E-state index < -0.39 is 6.55 Å².